The molecule has 0 fully saturated rings. The predicted molar refractivity (Wildman–Crippen MR) is 140 cm³/mol. The maximum Gasteiger partial charge on any atom is 0.280 e. The van der Waals surface area contributed by atoms with Crippen LogP contribution in [0.15, 0.2) is 77.9 Å². The lowest BCUT2D eigenvalue weighted by molar-refractivity contribution is 0.102. The van der Waals surface area contributed by atoms with Crippen molar-refractivity contribution in [3.05, 3.63) is 89.0 Å². The summed E-state index contributed by atoms with van der Waals surface area (Å²) in [6.45, 7) is 4.35. The summed E-state index contributed by atoms with van der Waals surface area (Å²) in [5.74, 6) is 0.970. The Bertz CT molecular complexity index is 1400. The van der Waals surface area contributed by atoms with Crippen molar-refractivity contribution in [3.63, 3.8) is 0 Å². The van der Waals surface area contributed by atoms with E-state index in [0.717, 1.165) is 5.56 Å². The third kappa shape index (κ3) is 5.27. The van der Waals surface area contributed by atoms with Crippen molar-refractivity contribution in [1.29, 1.82) is 0 Å². The summed E-state index contributed by atoms with van der Waals surface area (Å²) in [6.07, 6.45) is 3.15. The molecule has 184 valence electrons. The standard InChI is InChI=1S/C28H28N4O4/c1-18(2)17-32-28(34)25(27(33)30-21-13-15-29-16-14-21)24(19-5-9-22(35-3)10-6-19)26(31-32)20-7-11-23(36-4)12-8-20/h5-16,18H,17H2,1-4H3,(H,29,30,33). The Labute approximate surface area is 209 Å². The molecule has 2 aromatic carbocycles. The van der Waals surface area contributed by atoms with Crippen LogP contribution >= 0.6 is 0 Å². The molecule has 8 heteroatoms. The molecule has 0 atom stereocenters. The molecule has 0 radical (unpaired) electrons. The number of hydrogen-bond donors (Lipinski definition) is 1. The Hall–Kier alpha value is -4.46. The number of amides is 1. The number of carbonyl (C=O) groups is 1. The summed E-state index contributed by atoms with van der Waals surface area (Å²) in [5, 5.41) is 7.59. The topological polar surface area (TPSA) is 95.3 Å². The Kier molecular flexibility index (Phi) is 7.44. The van der Waals surface area contributed by atoms with E-state index in [9.17, 15) is 9.59 Å². The molecule has 0 saturated heterocycles. The van der Waals surface area contributed by atoms with Gasteiger partial charge in [-0.2, -0.15) is 5.10 Å². The van der Waals surface area contributed by atoms with Gasteiger partial charge in [0.2, 0.25) is 0 Å². The Morgan fingerprint density at radius 3 is 1.97 bits per heavy atom. The first-order chi connectivity index (χ1) is 17.4. The quantitative estimate of drug-likeness (QED) is 0.382. The molecule has 0 aliphatic heterocycles. The van der Waals surface area contributed by atoms with E-state index in [1.165, 1.54) is 4.68 Å². The number of methoxy groups -OCH3 is 2. The number of ether oxygens (including phenoxy) is 2. The molecule has 4 rings (SSSR count). The molecule has 0 aliphatic rings. The van der Waals surface area contributed by atoms with Crippen molar-refractivity contribution >= 4 is 11.6 Å². The summed E-state index contributed by atoms with van der Waals surface area (Å²) >= 11 is 0. The molecule has 0 saturated carbocycles. The summed E-state index contributed by atoms with van der Waals surface area (Å²) in [5.41, 5.74) is 2.47. The van der Waals surface area contributed by atoms with Crippen LogP contribution in [0.4, 0.5) is 5.69 Å². The van der Waals surface area contributed by atoms with Crippen molar-refractivity contribution in [2.24, 2.45) is 5.92 Å². The number of nitrogens with zero attached hydrogens (tertiary/aromatic N) is 3. The number of aromatic nitrogens is 3. The maximum absolute atomic E-state index is 13.7. The normalized spacial score (nSPS) is 10.8. The van der Waals surface area contributed by atoms with E-state index in [0.29, 0.717) is 40.6 Å². The molecular formula is C28H28N4O4. The lowest BCUT2D eigenvalue weighted by Crippen LogP contribution is -2.33. The highest BCUT2D eigenvalue weighted by Crippen LogP contribution is 2.34. The minimum atomic E-state index is -0.522. The van der Waals surface area contributed by atoms with Crippen molar-refractivity contribution in [1.82, 2.24) is 14.8 Å². The third-order valence-electron chi connectivity index (χ3n) is 5.60. The molecule has 36 heavy (non-hydrogen) atoms. The van der Waals surface area contributed by atoms with E-state index >= 15 is 0 Å². The second-order valence-electron chi connectivity index (χ2n) is 8.63. The van der Waals surface area contributed by atoms with Gasteiger partial charge in [0.1, 0.15) is 17.1 Å². The second-order valence-corrected chi connectivity index (χ2v) is 8.63. The second kappa shape index (κ2) is 10.9. The van der Waals surface area contributed by atoms with E-state index in [1.54, 1.807) is 50.9 Å². The number of pyridine rings is 1. The molecule has 0 aliphatic carbocycles. The van der Waals surface area contributed by atoms with Crippen LogP contribution in [0.5, 0.6) is 11.5 Å². The van der Waals surface area contributed by atoms with Crippen LogP contribution in [0.3, 0.4) is 0 Å². The number of rotatable bonds is 8. The van der Waals surface area contributed by atoms with Crippen molar-refractivity contribution in [2.75, 3.05) is 19.5 Å². The summed E-state index contributed by atoms with van der Waals surface area (Å²) in [7, 11) is 3.18. The van der Waals surface area contributed by atoms with Crippen LogP contribution in [-0.4, -0.2) is 34.9 Å². The Morgan fingerprint density at radius 2 is 1.44 bits per heavy atom. The van der Waals surface area contributed by atoms with E-state index in [-0.39, 0.29) is 11.5 Å². The van der Waals surface area contributed by atoms with Gasteiger partial charge in [0.25, 0.3) is 11.5 Å². The average Bonchev–Trinajstić information content (AvgIpc) is 2.90. The molecule has 1 amide bonds. The molecule has 0 unspecified atom stereocenters. The average molecular weight is 485 g/mol. The van der Waals surface area contributed by atoms with Gasteiger partial charge in [-0.05, 0) is 60.0 Å². The van der Waals surface area contributed by atoms with E-state index in [2.05, 4.69) is 10.3 Å². The van der Waals surface area contributed by atoms with Crippen LogP contribution in [0.25, 0.3) is 22.4 Å². The summed E-state index contributed by atoms with van der Waals surface area (Å²) in [4.78, 5) is 31.4. The first kappa shape index (κ1) is 24.7. The Balaban J connectivity index is 2.00. The molecular weight excluding hydrogens is 456 g/mol. The van der Waals surface area contributed by atoms with Crippen molar-refractivity contribution < 1.29 is 14.3 Å². The fraction of sp³-hybridized carbons (Fsp3) is 0.214. The SMILES string of the molecule is COc1ccc(-c2nn(CC(C)C)c(=O)c(C(=O)Nc3ccncc3)c2-c2ccc(OC)cc2)cc1. The van der Waals surface area contributed by atoms with E-state index in [4.69, 9.17) is 14.6 Å². The van der Waals surface area contributed by atoms with Crippen molar-refractivity contribution in [3.8, 4) is 33.9 Å². The molecule has 1 N–H and O–H groups in total. The number of hydrogen-bond acceptors (Lipinski definition) is 6. The lowest BCUT2D eigenvalue weighted by atomic mass is 9.94. The van der Waals surface area contributed by atoms with Gasteiger partial charge in [-0.3, -0.25) is 14.6 Å². The summed E-state index contributed by atoms with van der Waals surface area (Å²) < 4.78 is 12.0. The zero-order valence-electron chi connectivity index (χ0n) is 20.7. The van der Waals surface area contributed by atoms with Crippen LogP contribution in [-0.2, 0) is 6.54 Å². The molecule has 2 aromatic heterocycles. The van der Waals surface area contributed by atoms with Crippen LogP contribution < -0.4 is 20.3 Å². The molecule has 2 heterocycles. The van der Waals surface area contributed by atoms with Gasteiger partial charge in [0.15, 0.2) is 0 Å². The van der Waals surface area contributed by atoms with Gasteiger partial charge < -0.3 is 14.8 Å². The number of benzene rings is 2. The minimum absolute atomic E-state index is 0.0125. The molecule has 4 aromatic rings. The van der Waals surface area contributed by atoms with Gasteiger partial charge in [0.05, 0.1) is 19.9 Å². The number of nitrogens with one attached hydrogen (secondary N) is 1. The third-order valence-corrected chi connectivity index (χ3v) is 5.60. The largest absolute Gasteiger partial charge is 0.497 e. The fourth-order valence-electron chi connectivity index (χ4n) is 3.87. The maximum atomic E-state index is 13.7. The highest BCUT2D eigenvalue weighted by atomic mass is 16.5. The van der Waals surface area contributed by atoms with Gasteiger partial charge in [-0.25, -0.2) is 4.68 Å². The van der Waals surface area contributed by atoms with E-state index < -0.39 is 11.5 Å². The Morgan fingerprint density at radius 1 is 0.889 bits per heavy atom. The van der Waals surface area contributed by atoms with Crippen LogP contribution in [0.1, 0.15) is 24.2 Å². The van der Waals surface area contributed by atoms with Crippen molar-refractivity contribution in [2.45, 2.75) is 20.4 Å². The lowest BCUT2D eigenvalue weighted by Gasteiger charge is -2.18. The zero-order valence-corrected chi connectivity index (χ0v) is 20.7. The highest BCUT2D eigenvalue weighted by Gasteiger charge is 2.26. The monoisotopic (exact) mass is 484 g/mol. The minimum Gasteiger partial charge on any atom is -0.497 e. The fourth-order valence-corrected chi connectivity index (χ4v) is 3.87. The molecule has 0 bridgehead atoms. The molecule has 8 nitrogen and oxygen atoms in total. The van der Waals surface area contributed by atoms with E-state index in [1.807, 2.05) is 50.2 Å². The van der Waals surface area contributed by atoms with Gasteiger partial charge >= 0.3 is 0 Å². The van der Waals surface area contributed by atoms with Gasteiger partial charge in [-0.1, -0.05) is 26.0 Å². The van der Waals surface area contributed by atoms with Crippen LogP contribution in [0.2, 0.25) is 0 Å². The van der Waals surface area contributed by atoms with Gasteiger partial charge in [0, 0.05) is 35.8 Å². The highest BCUT2D eigenvalue weighted by molar-refractivity contribution is 6.10. The number of carbonyl (C=O) groups excluding carboxylic acids is 1. The summed E-state index contributed by atoms with van der Waals surface area (Å²) in [6, 6.07) is 17.9. The number of anilines is 1. The van der Waals surface area contributed by atoms with Crippen LogP contribution in [0, 0.1) is 5.92 Å². The molecule has 0 spiro atoms. The first-order valence-corrected chi connectivity index (χ1v) is 11.6. The predicted octanol–water partition coefficient (Wildman–Crippen LogP) is 4.90. The smallest absolute Gasteiger partial charge is 0.280 e. The first-order valence-electron chi connectivity index (χ1n) is 11.6. The van der Waals surface area contributed by atoms with Gasteiger partial charge in [-0.15, -0.1) is 0 Å². The zero-order chi connectivity index (χ0) is 25.7.